The maximum absolute atomic E-state index is 8.89. The Bertz CT molecular complexity index is 590. The number of aliphatic hydroxyl groups is 1. The number of aromatic amines is 1. The molecule has 0 amide bonds. The molecular weight excluding hydrogens is 212 g/mol. The first-order valence-electron chi connectivity index (χ1n) is 5.56. The number of hydrogen-bond acceptors (Lipinski definition) is 2. The molecule has 0 spiro atoms. The Kier molecular flexibility index (Phi) is 3.27. The van der Waals surface area contributed by atoms with E-state index in [1.807, 2.05) is 18.3 Å². The molecule has 17 heavy (non-hydrogen) atoms. The molecule has 0 unspecified atom stereocenters. The van der Waals surface area contributed by atoms with Crippen LogP contribution in [-0.2, 0) is 0 Å². The molecule has 0 saturated heterocycles. The largest absolute Gasteiger partial charge is 0.396 e. The highest BCUT2D eigenvalue weighted by Gasteiger charge is 2.07. The zero-order valence-electron chi connectivity index (χ0n) is 9.53. The van der Waals surface area contributed by atoms with Gasteiger partial charge in [-0.1, -0.05) is 6.58 Å². The molecule has 0 aliphatic rings. The second-order valence-corrected chi connectivity index (χ2v) is 4.01. The molecule has 0 fully saturated rings. The highest BCUT2D eigenvalue weighted by molar-refractivity contribution is 5.92. The third-order valence-electron chi connectivity index (χ3n) is 2.83. The third-order valence-corrected chi connectivity index (χ3v) is 2.83. The summed E-state index contributed by atoms with van der Waals surface area (Å²) >= 11 is 0. The lowest BCUT2D eigenvalue weighted by Crippen LogP contribution is -1.86. The summed E-state index contributed by atoms with van der Waals surface area (Å²) in [6.45, 7) is 4.20. The molecule has 3 nitrogen and oxygen atoms in total. The van der Waals surface area contributed by atoms with Gasteiger partial charge < -0.3 is 10.1 Å². The van der Waals surface area contributed by atoms with Crippen LogP contribution in [0.5, 0.6) is 0 Å². The Morgan fingerprint density at radius 3 is 3.00 bits per heavy atom. The quantitative estimate of drug-likeness (QED) is 0.842. The lowest BCUT2D eigenvalue weighted by atomic mass is 10.0. The van der Waals surface area contributed by atoms with E-state index in [0.717, 1.165) is 28.5 Å². The van der Waals surface area contributed by atoms with Crippen molar-refractivity contribution in [3.8, 4) is 6.07 Å². The van der Waals surface area contributed by atoms with E-state index in [-0.39, 0.29) is 6.61 Å². The number of rotatable bonds is 4. The Labute approximate surface area is 100 Å². The molecule has 1 aromatic carbocycles. The van der Waals surface area contributed by atoms with Gasteiger partial charge in [-0.3, -0.25) is 0 Å². The van der Waals surface area contributed by atoms with Crippen LogP contribution in [0.25, 0.3) is 16.5 Å². The molecule has 3 heteroatoms. The minimum absolute atomic E-state index is 0.171. The van der Waals surface area contributed by atoms with Crippen LogP contribution in [-0.4, -0.2) is 16.7 Å². The van der Waals surface area contributed by atoms with Crippen molar-refractivity contribution >= 4 is 16.5 Å². The number of hydrogen-bond donors (Lipinski definition) is 2. The topological polar surface area (TPSA) is 59.8 Å². The van der Waals surface area contributed by atoms with E-state index in [1.54, 1.807) is 6.07 Å². The van der Waals surface area contributed by atoms with Crippen molar-refractivity contribution in [3.63, 3.8) is 0 Å². The summed E-state index contributed by atoms with van der Waals surface area (Å²) in [6, 6.07) is 7.69. The molecule has 2 rings (SSSR count). The molecule has 0 aliphatic heterocycles. The summed E-state index contributed by atoms with van der Waals surface area (Å²) in [7, 11) is 0. The first kappa shape index (κ1) is 11.4. The van der Waals surface area contributed by atoms with Gasteiger partial charge in [-0.15, -0.1) is 0 Å². The first-order chi connectivity index (χ1) is 8.26. The van der Waals surface area contributed by atoms with Crippen LogP contribution in [0.2, 0.25) is 0 Å². The van der Waals surface area contributed by atoms with Crippen LogP contribution in [0.4, 0.5) is 0 Å². The maximum Gasteiger partial charge on any atom is 0.0991 e. The van der Waals surface area contributed by atoms with Crippen LogP contribution in [0.1, 0.15) is 24.0 Å². The lowest BCUT2D eigenvalue weighted by Gasteiger charge is -2.03. The first-order valence-corrected chi connectivity index (χ1v) is 5.56. The summed E-state index contributed by atoms with van der Waals surface area (Å²) in [5.41, 5.74) is 3.67. The predicted octanol–water partition coefficient (Wildman–Crippen LogP) is 2.83. The minimum Gasteiger partial charge on any atom is -0.396 e. The average Bonchev–Trinajstić information content (AvgIpc) is 2.78. The number of aliphatic hydroxyl groups excluding tert-OH is 1. The number of fused-ring (bicyclic) bond motifs is 1. The second-order valence-electron chi connectivity index (χ2n) is 4.01. The van der Waals surface area contributed by atoms with Crippen molar-refractivity contribution in [1.82, 2.24) is 4.98 Å². The Morgan fingerprint density at radius 2 is 2.29 bits per heavy atom. The van der Waals surface area contributed by atoms with Crippen LogP contribution < -0.4 is 0 Å². The maximum atomic E-state index is 8.89. The summed E-state index contributed by atoms with van der Waals surface area (Å²) < 4.78 is 0. The number of allylic oxidation sites excluding steroid dienone is 1. The van der Waals surface area contributed by atoms with Gasteiger partial charge in [0.15, 0.2) is 0 Å². The van der Waals surface area contributed by atoms with Crippen LogP contribution in [0, 0.1) is 11.3 Å². The van der Waals surface area contributed by atoms with Gasteiger partial charge in [-0.25, -0.2) is 0 Å². The summed E-state index contributed by atoms with van der Waals surface area (Å²) in [6.07, 6.45) is 3.38. The number of nitrogens with zero attached hydrogens (tertiary/aromatic N) is 1. The van der Waals surface area contributed by atoms with Crippen LogP contribution >= 0.6 is 0 Å². The van der Waals surface area contributed by atoms with Crippen molar-refractivity contribution in [3.05, 3.63) is 42.1 Å². The van der Waals surface area contributed by atoms with Gasteiger partial charge >= 0.3 is 0 Å². The van der Waals surface area contributed by atoms with Gasteiger partial charge in [0.05, 0.1) is 11.6 Å². The highest BCUT2D eigenvalue weighted by atomic mass is 16.2. The Balaban J connectivity index is 2.41. The van der Waals surface area contributed by atoms with Crippen molar-refractivity contribution in [2.75, 3.05) is 6.61 Å². The molecule has 0 bridgehead atoms. The standard InChI is InChI=1S/C14H14N2O/c1-10(3-2-6-17)13-9-16-14-5-4-11(8-15)7-12(13)14/h4-5,7,9,16-17H,1-3,6H2. The van der Waals surface area contributed by atoms with Gasteiger partial charge in [-0.05, 0) is 36.6 Å². The summed E-state index contributed by atoms with van der Waals surface area (Å²) in [5, 5.41) is 18.7. The number of benzene rings is 1. The van der Waals surface area contributed by atoms with E-state index in [9.17, 15) is 0 Å². The van der Waals surface area contributed by atoms with E-state index in [4.69, 9.17) is 10.4 Å². The molecular formula is C14H14N2O. The fourth-order valence-electron chi connectivity index (χ4n) is 1.91. The monoisotopic (exact) mass is 226 g/mol. The normalized spacial score (nSPS) is 10.4. The second kappa shape index (κ2) is 4.86. The highest BCUT2D eigenvalue weighted by Crippen LogP contribution is 2.27. The summed E-state index contributed by atoms with van der Waals surface area (Å²) in [5.74, 6) is 0. The van der Waals surface area contributed by atoms with E-state index in [1.165, 1.54) is 0 Å². The fourth-order valence-corrected chi connectivity index (χ4v) is 1.91. The van der Waals surface area contributed by atoms with Crippen molar-refractivity contribution in [1.29, 1.82) is 5.26 Å². The number of nitriles is 1. The zero-order valence-corrected chi connectivity index (χ0v) is 9.53. The van der Waals surface area contributed by atoms with Gasteiger partial charge in [0, 0.05) is 29.3 Å². The smallest absolute Gasteiger partial charge is 0.0991 e. The molecule has 86 valence electrons. The fraction of sp³-hybridized carbons (Fsp3) is 0.214. The molecule has 0 aliphatic carbocycles. The molecule has 0 atom stereocenters. The van der Waals surface area contributed by atoms with E-state index < -0.39 is 0 Å². The van der Waals surface area contributed by atoms with Crippen molar-refractivity contribution in [2.24, 2.45) is 0 Å². The third kappa shape index (κ3) is 2.22. The molecule has 0 radical (unpaired) electrons. The van der Waals surface area contributed by atoms with Crippen LogP contribution in [0.3, 0.4) is 0 Å². The average molecular weight is 226 g/mol. The van der Waals surface area contributed by atoms with E-state index in [0.29, 0.717) is 12.0 Å². The van der Waals surface area contributed by atoms with E-state index >= 15 is 0 Å². The van der Waals surface area contributed by atoms with Crippen LogP contribution in [0.15, 0.2) is 31.0 Å². The van der Waals surface area contributed by atoms with Gasteiger partial charge in [0.1, 0.15) is 0 Å². The molecule has 1 aromatic heterocycles. The molecule has 2 aromatic rings. The molecule has 1 heterocycles. The Morgan fingerprint density at radius 1 is 1.47 bits per heavy atom. The Hall–Kier alpha value is -2.05. The predicted molar refractivity (Wildman–Crippen MR) is 68.4 cm³/mol. The number of aromatic nitrogens is 1. The number of nitrogens with one attached hydrogen (secondary N) is 1. The SMILES string of the molecule is C=C(CCCO)c1c[nH]c2ccc(C#N)cc12. The van der Waals surface area contributed by atoms with E-state index in [2.05, 4.69) is 17.6 Å². The molecule has 2 N–H and O–H groups in total. The number of H-pyrrole nitrogens is 1. The van der Waals surface area contributed by atoms with Crippen molar-refractivity contribution in [2.45, 2.75) is 12.8 Å². The van der Waals surface area contributed by atoms with Crippen molar-refractivity contribution < 1.29 is 5.11 Å². The van der Waals surface area contributed by atoms with Gasteiger partial charge in [0.25, 0.3) is 0 Å². The molecule has 0 saturated carbocycles. The lowest BCUT2D eigenvalue weighted by molar-refractivity contribution is 0.290. The van der Waals surface area contributed by atoms with Gasteiger partial charge in [-0.2, -0.15) is 5.26 Å². The summed E-state index contributed by atoms with van der Waals surface area (Å²) in [4.78, 5) is 3.16. The zero-order chi connectivity index (χ0) is 12.3. The van der Waals surface area contributed by atoms with Gasteiger partial charge in [0.2, 0.25) is 0 Å². The minimum atomic E-state index is 0.171.